The van der Waals surface area contributed by atoms with Gasteiger partial charge in [-0.3, -0.25) is 5.01 Å². The summed E-state index contributed by atoms with van der Waals surface area (Å²) in [5.74, 6) is -0.383. The molecule has 0 unspecified atom stereocenters. The molecule has 1 aliphatic rings. The largest absolute Gasteiger partial charge is 0.464 e. The van der Waals surface area contributed by atoms with E-state index in [2.05, 4.69) is 9.84 Å². The minimum atomic E-state index is -0.383. The summed E-state index contributed by atoms with van der Waals surface area (Å²) in [5.41, 5.74) is 0.113. The summed E-state index contributed by atoms with van der Waals surface area (Å²) in [6.07, 6.45) is 2.09. The zero-order valence-electron chi connectivity index (χ0n) is 11.3. The van der Waals surface area contributed by atoms with Gasteiger partial charge < -0.3 is 9.47 Å². The van der Waals surface area contributed by atoms with Crippen LogP contribution in [0.1, 0.15) is 33.6 Å². The van der Waals surface area contributed by atoms with Crippen LogP contribution in [0.2, 0.25) is 0 Å². The highest BCUT2D eigenvalue weighted by Gasteiger charge is 2.37. The summed E-state index contributed by atoms with van der Waals surface area (Å²) in [4.78, 5) is 11.3. The van der Waals surface area contributed by atoms with E-state index in [0.717, 1.165) is 19.4 Å². The summed E-state index contributed by atoms with van der Waals surface area (Å²) in [6.45, 7) is 6.60. The lowest BCUT2D eigenvalue weighted by Crippen LogP contribution is -2.45. The molecule has 1 rings (SSSR count). The molecule has 98 valence electrons. The van der Waals surface area contributed by atoms with Gasteiger partial charge in [-0.2, -0.15) is 5.10 Å². The fourth-order valence-electron chi connectivity index (χ4n) is 2.09. The molecule has 5 heteroatoms. The topological polar surface area (TPSA) is 51.1 Å². The van der Waals surface area contributed by atoms with Crippen molar-refractivity contribution in [3.8, 4) is 0 Å². The Balaban J connectivity index is 2.80. The fraction of sp³-hybridized carbons (Fsp3) is 0.833. The molecule has 0 saturated carbocycles. The summed E-state index contributed by atoms with van der Waals surface area (Å²) in [6, 6.07) is 0.201. The van der Waals surface area contributed by atoms with Gasteiger partial charge >= 0.3 is 5.97 Å². The Labute approximate surface area is 103 Å². The molecule has 1 saturated heterocycles. The zero-order chi connectivity index (χ0) is 13.1. The van der Waals surface area contributed by atoms with Gasteiger partial charge in [0.2, 0.25) is 0 Å². The van der Waals surface area contributed by atoms with Crippen LogP contribution in [0.3, 0.4) is 0 Å². The highest BCUT2D eigenvalue weighted by Crippen LogP contribution is 2.29. The summed E-state index contributed by atoms with van der Waals surface area (Å²) < 4.78 is 10.1. The molecule has 0 N–H and O–H groups in total. The fourth-order valence-corrected chi connectivity index (χ4v) is 2.09. The molecule has 17 heavy (non-hydrogen) atoms. The van der Waals surface area contributed by atoms with Crippen molar-refractivity contribution in [2.75, 3.05) is 20.8 Å². The average Bonchev–Trinajstić information content (AvgIpc) is 2.76. The standard InChI is InChI=1S/C12H22N2O3/c1-9(11(15)16-4)13-14-8-6-7-10(14)12(2,3)17-5/h10H,6-8H2,1-5H3/b13-9+/t10-/m0/s1. The Bertz CT molecular complexity index is 313. The normalized spacial score (nSPS) is 21.8. The van der Waals surface area contributed by atoms with E-state index in [1.165, 1.54) is 7.11 Å². The Kier molecular flexibility index (Phi) is 4.51. The van der Waals surface area contributed by atoms with Gasteiger partial charge in [-0.15, -0.1) is 0 Å². The predicted octanol–water partition coefficient (Wildman–Crippen LogP) is 1.42. The molecule has 5 nitrogen and oxygen atoms in total. The Morgan fingerprint density at radius 2 is 2.06 bits per heavy atom. The van der Waals surface area contributed by atoms with Crippen LogP contribution in [-0.4, -0.2) is 49.1 Å². The number of nitrogens with zero attached hydrogens (tertiary/aromatic N) is 2. The van der Waals surface area contributed by atoms with Crippen molar-refractivity contribution >= 4 is 11.7 Å². The van der Waals surface area contributed by atoms with Gasteiger partial charge in [0.15, 0.2) is 0 Å². The maximum absolute atomic E-state index is 11.3. The number of methoxy groups -OCH3 is 2. The van der Waals surface area contributed by atoms with Crippen LogP contribution in [-0.2, 0) is 14.3 Å². The van der Waals surface area contributed by atoms with Crippen molar-refractivity contribution in [1.29, 1.82) is 0 Å². The number of ether oxygens (including phenoxy) is 2. The van der Waals surface area contributed by atoms with Gasteiger partial charge in [0.05, 0.1) is 18.8 Å². The molecular weight excluding hydrogens is 220 g/mol. The van der Waals surface area contributed by atoms with Crippen molar-refractivity contribution in [2.45, 2.75) is 45.3 Å². The van der Waals surface area contributed by atoms with Gasteiger partial charge in [-0.25, -0.2) is 4.79 Å². The maximum atomic E-state index is 11.3. The van der Waals surface area contributed by atoms with E-state index in [9.17, 15) is 4.79 Å². The molecule has 0 aromatic carbocycles. The lowest BCUT2D eigenvalue weighted by Gasteiger charge is -2.35. The lowest BCUT2D eigenvalue weighted by atomic mass is 9.97. The van der Waals surface area contributed by atoms with Gasteiger partial charge in [-0.1, -0.05) is 0 Å². The first-order chi connectivity index (χ1) is 7.92. The van der Waals surface area contributed by atoms with E-state index < -0.39 is 0 Å². The van der Waals surface area contributed by atoms with E-state index in [4.69, 9.17) is 4.74 Å². The van der Waals surface area contributed by atoms with Crippen molar-refractivity contribution in [2.24, 2.45) is 5.10 Å². The second-order valence-corrected chi connectivity index (χ2v) is 4.81. The van der Waals surface area contributed by atoms with Crippen LogP contribution in [0, 0.1) is 0 Å². The molecular formula is C12H22N2O3. The van der Waals surface area contributed by atoms with E-state index in [0.29, 0.717) is 5.71 Å². The van der Waals surface area contributed by atoms with E-state index in [1.54, 1.807) is 14.0 Å². The SMILES string of the molecule is COC(=O)/C(C)=N/N1CCC[C@H]1C(C)(C)OC. The summed E-state index contributed by atoms with van der Waals surface area (Å²) >= 11 is 0. The van der Waals surface area contributed by atoms with Crippen molar-refractivity contribution in [3.05, 3.63) is 0 Å². The molecule has 0 bridgehead atoms. The lowest BCUT2D eigenvalue weighted by molar-refractivity contribution is -0.132. The average molecular weight is 242 g/mol. The predicted molar refractivity (Wildman–Crippen MR) is 65.9 cm³/mol. The summed E-state index contributed by atoms with van der Waals surface area (Å²) in [5, 5.41) is 6.28. The van der Waals surface area contributed by atoms with Crippen LogP contribution in [0.15, 0.2) is 5.10 Å². The van der Waals surface area contributed by atoms with Gasteiger partial charge in [0.1, 0.15) is 5.71 Å². The zero-order valence-corrected chi connectivity index (χ0v) is 11.3. The van der Waals surface area contributed by atoms with Gasteiger partial charge in [0.25, 0.3) is 0 Å². The maximum Gasteiger partial charge on any atom is 0.353 e. The van der Waals surface area contributed by atoms with Crippen molar-refractivity contribution in [3.63, 3.8) is 0 Å². The van der Waals surface area contributed by atoms with Crippen LogP contribution in [0.4, 0.5) is 0 Å². The van der Waals surface area contributed by atoms with E-state index >= 15 is 0 Å². The third-order valence-electron chi connectivity index (χ3n) is 3.31. The molecule has 0 aromatic rings. The number of carbonyl (C=O) groups excluding carboxylic acids is 1. The Morgan fingerprint density at radius 1 is 1.41 bits per heavy atom. The number of esters is 1. The Hall–Kier alpha value is -1.10. The van der Waals surface area contributed by atoms with Crippen LogP contribution < -0.4 is 0 Å². The molecule has 1 heterocycles. The summed E-state index contributed by atoms with van der Waals surface area (Å²) in [7, 11) is 3.06. The number of hydrogen-bond acceptors (Lipinski definition) is 5. The second-order valence-electron chi connectivity index (χ2n) is 4.81. The first-order valence-corrected chi connectivity index (χ1v) is 5.87. The highest BCUT2D eigenvalue weighted by molar-refractivity contribution is 6.35. The third kappa shape index (κ3) is 3.19. The van der Waals surface area contributed by atoms with Crippen LogP contribution >= 0.6 is 0 Å². The molecule has 0 aliphatic carbocycles. The van der Waals surface area contributed by atoms with Gasteiger partial charge in [-0.05, 0) is 33.6 Å². The van der Waals surface area contributed by atoms with Crippen molar-refractivity contribution in [1.82, 2.24) is 5.01 Å². The van der Waals surface area contributed by atoms with E-state index in [1.807, 2.05) is 18.9 Å². The molecule has 0 amide bonds. The van der Waals surface area contributed by atoms with Crippen LogP contribution in [0.5, 0.6) is 0 Å². The third-order valence-corrected chi connectivity index (χ3v) is 3.31. The minimum absolute atomic E-state index is 0.201. The first-order valence-electron chi connectivity index (χ1n) is 5.87. The molecule has 1 fully saturated rings. The Morgan fingerprint density at radius 3 is 2.59 bits per heavy atom. The smallest absolute Gasteiger partial charge is 0.353 e. The van der Waals surface area contributed by atoms with E-state index in [-0.39, 0.29) is 17.6 Å². The van der Waals surface area contributed by atoms with Gasteiger partial charge in [0, 0.05) is 13.7 Å². The molecule has 0 radical (unpaired) electrons. The molecule has 0 spiro atoms. The second kappa shape index (κ2) is 5.49. The quantitative estimate of drug-likeness (QED) is 0.552. The number of rotatable bonds is 4. The monoisotopic (exact) mass is 242 g/mol. The first kappa shape index (κ1) is 14.0. The highest BCUT2D eigenvalue weighted by atomic mass is 16.5. The number of carbonyl (C=O) groups is 1. The molecule has 1 aliphatic heterocycles. The molecule has 1 atom stereocenters. The number of hydrogen-bond donors (Lipinski definition) is 0. The molecule has 0 aromatic heterocycles. The number of hydrazone groups is 1. The van der Waals surface area contributed by atoms with Crippen LogP contribution in [0.25, 0.3) is 0 Å². The van der Waals surface area contributed by atoms with Crippen molar-refractivity contribution < 1.29 is 14.3 Å². The minimum Gasteiger partial charge on any atom is -0.464 e.